The molecule has 0 bridgehead atoms. The number of imidazole rings is 1. The largest absolute Gasteiger partial charge is 0.337 e. The number of fused-ring (bicyclic) bond motifs is 1. The second-order valence-electron chi connectivity index (χ2n) is 9.33. The molecule has 1 aliphatic heterocycles. The molecule has 1 aliphatic rings. The molecule has 190 valence electrons. The summed E-state index contributed by atoms with van der Waals surface area (Å²) < 4.78 is 19.3. The molecule has 1 atom stereocenters. The molecule has 8 heteroatoms. The molecule has 6 nitrogen and oxygen atoms in total. The average Bonchev–Trinajstić information content (AvgIpc) is 3.65. The zero-order chi connectivity index (χ0) is 26.1. The number of aryl methyl sites for hydroxylation is 1. The first kappa shape index (κ1) is 24.3. The molecule has 1 amide bonds. The van der Waals surface area contributed by atoms with E-state index in [1.54, 1.807) is 35.4 Å². The van der Waals surface area contributed by atoms with Crippen molar-refractivity contribution in [2.75, 3.05) is 6.54 Å². The van der Waals surface area contributed by atoms with Crippen LogP contribution in [0.4, 0.5) is 4.39 Å². The van der Waals surface area contributed by atoms with E-state index >= 15 is 0 Å². The van der Waals surface area contributed by atoms with Gasteiger partial charge in [0.2, 0.25) is 0 Å². The zero-order valence-corrected chi connectivity index (χ0v) is 22.1. The van der Waals surface area contributed by atoms with Crippen molar-refractivity contribution in [1.82, 2.24) is 24.2 Å². The van der Waals surface area contributed by atoms with Gasteiger partial charge in [-0.1, -0.05) is 76.6 Å². The third-order valence-electron chi connectivity index (χ3n) is 6.92. The Morgan fingerprint density at radius 2 is 1.68 bits per heavy atom. The van der Waals surface area contributed by atoms with Crippen molar-refractivity contribution in [3.05, 3.63) is 130 Å². The summed E-state index contributed by atoms with van der Waals surface area (Å²) in [6.07, 6.45) is 6.23. The van der Waals surface area contributed by atoms with Gasteiger partial charge in [-0.2, -0.15) is 5.10 Å². The molecule has 0 radical (unpaired) electrons. The second kappa shape index (κ2) is 10.4. The fourth-order valence-corrected chi connectivity index (χ4v) is 5.41. The average molecular weight is 570 g/mol. The fourth-order valence-electron chi connectivity index (χ4n) is 5.15. The Morgan fingerprint density at radius 1 is 0.921 bits per heavy atom. The highest BCUT2D eigenvalue weighted by atomic mass is 79.9. The van der Waals surface area contributed by atoms with Crippen LogP contribution in [0.25, 0.3) is 11.3 Å². The number of hydrogen-bond donors (Lipinski definition) is 0. The summed E-state index contributed by atoms with van der Waals surface area (Å²) in [4.78, 5) is 20.2. The second-order valence-corrected chi connectivity index (χ2v) is 10.2. The van der Waals surface area contributed by atoms with Gasteiger partial charge in [0.15, 0.2) is 0 Å². The minimum absolute atomic E-state index is 0.0930. The number of carbonyl (C=O) groups is 1. The van der Waals surface area contributed by atoms with Crippen LogP contribution in [0, 0.1) is 5.82 Å². The molecule has 1 unspecified atom stereocenters. The normalized spacial score (nSPS) is 14.7. The van der Waals surface area contributed by atoms with Crippen LogP contribution in [0.5, 0.6) is 0 Å². The van der Waals surface area contributed by atoms with Crippen LogP contribution in [-0.4, -0.2) is 36.7 Å². The Labute approximate surface area is 228 Å². The minimum Gasteiger partial charge on any atom is -0.337 e. The number of carbonyl (C=O) groups excluding carboxylic acids is 1. The van der Waals surface area contributed by atoms with Crippen LogP contribution in [0.3, 0.4) is 0 Å². The highest BCUT2D eigenvalue weighted by Gasteiger charge is 2.43. The Hall–Kier alpha value is -4.04. The molecule has 0 spiro atoms. The van der Waals surface area contributed by atoms with E-state index in [0.29, 0.717) is 17.8 Å². The highest BCUT2D eigenvalue weighted by molar-refractivity contribution is 9.10. The van der Waals surface area contributed by atoms with Gasteiger partial charge in [0.25, 0.3) is 5.91 Å². The van der Waals surface area contributed by atoms with Crippen LogP contribution < -0.4 is 0 Å². The van der Waals surface area contributed by atoms with Crippen LogP contribution in [0.1, 0.15) is 39.6 Å². The molecule has 5 aromatic rings. The van der Waals surface area contributed by atoms with Gasteiger partial charge in [-0.25, -0.2) is 9.37 Å². The van der Waals surface area contributed by atoms with Gasteiger partial charge in [-0.3, -0.25) is 9.48 Å². The van der Waals surface area contributed by atoms with E-state index < -0.39 is 0 Å². The van der Waals surface area contributed by atoms with Crippen molar-refractivity contribution in [1.29, 1.82) is 0 Å². The number of amides is 1. The monoisotopic (exact) mass is 569 g/mol. The van der Waals surface area contributed by atoms with Crippen molar-refractivity contribution >= 4 is 21.8 Å². The standard InChI is InChI=1S/C30H25BrFN5O/c31-24-13-11-22(12-14-24)28-26-27(21-7-2-1-3-8-21)34-37(19-23-9-4-5-10-25(23)32)29(26)30(38)36(28)17-6-16-35-18-15-33-20-35/h1-5,7-15,18,20,28H,6,16-17,19H2. The molecule has 0 N–H and O–H groups in total. The SMILES string of the molecule is O=C1c2c(c(-c3ccccc3)nn2Cc2ccccc2F)C(c2ccc(Br)cc2)N1CCCn1ccnc1. The molecular formula is C30H25BrFN5O. The highest BCUT2D eigenvalue weighted by Crippen LogP contribution is 2.44. The summed E-state index contributed by atoms with van der Waals surface area (Å²) in [6.45, 7) is 1.48. The number of nitrogens with zero attached hydrogens (tertiary/aromatic N) is 5. The van der Waals surface area contributed by atoms with Gasteiger partial charge < -0.3 is 9.47 Å². The maximum atomic E-state index is 14.7. The van der Waals surface area contributed by atoms with Gasteiger partial charge in [0, 0.05) is 46.6 Å². The van der Waals surface area contributed by atoms with Crippen molar-refractivity contribution in [2.24, 2.45) is 0 Å². The van der Waals surface area contributed by atoms with E-state index in [0.717, 1.165) is 39.8 Å². The van der Waals surface area contributed by atoms with Crippen molar-refractivity contribution in [2.45, 2.75) is 25.6 Å². The fraction of sp³-hybridized carbons (Fsp3) is 0.167. The first-order chi connectivity index (χ1) is 18.6. The van der Waals surface area contributed by atoms with E-state index in [4.69, 9.17) is 5.10 Å². The molecule has 0 saturated carbocycles. The minimum atomic E-state index is -0.315. The van der Waals surface area contributed by atoms with Gasteiger partial charge in [0.1, 0.15) is 11.5 Å². The van der Waals surface area contributed by atoms with Gasteiger partial charge in [0.05, 0.1) is 24.6 Å². The predicted octanol–water partition coefficient (Wildman–Crippen LogP) is 6.33. The third-order valence-corrected chi connectivity index (χ3v) is 7.45. The Bertz CT molecular complexity index is 1560. The van der Waals surface area contributed by atoms with Gasteiger partial charge in [-0.05, 0) is 30.2 Å². The van der Waals surface area contributed by atoms with Gasteiger partial charge >= 0.3 is 0 Å². The molecule has 38 heavy (non-hydrogen) atoms. The number of aromatic nitrogens is 4. The predicted molar refractivity (Wildman–Crippen MR) is 147 cm³/mol. The zero-order valence-electron chi connectivity index (χ0n) is 20.5. The summed E-state index contributed by atoms with van der Waals surface area (Å²) >= 11 is 3.53. The Morgan fingerprint density at radius 3 is 2.42 bits per heavy atom. The summed E-state index contributed by atoms with van der Waals surface area (Å²) in [6, 6.07) is 24.3. The lowest BCUT2D eigenvalue weighted by atomic mass is 9.96. The molecule has 0 aliphatic carbocycles. The van der Waals surface area contributed by atoms with E-state index in [-0.39, 0.29) is 24.3 Å². The molecule has 3 heterocycles. The lowest BCUT2D eigenvalue weighted by Crippen LogP contribution is -2.32. The molecule has 2 aromatic heterocycles. The molecular weight excluding hydrogens is 545 g/mol. The van der Waals surface area contributed by atoms with Gasteiger partial charge in [-0.15, -0.1) is 0 Å². The van der Waals surface area contributed by atoms with E-state index in [1.165, 1.54) is 6.07 Å². The third kappa shape index (κ3) is 4.56. The van der Waals surface area contributed by atoms with Crippen molar-refractivity contribution in [3.8, 4) is 11.3 Å². The number of benzene rings is 3. The first-order valence-corrected chi connectivity index (χ1v) is 13.3. The maximum Gasteiger partial charge on any atom is 0.273 e. The molecule has 6 rings (SSSR count). The molecule has 3 aromatic carbocycles. The molecule has 0 saturated heterocycles. The maximum absolute atomic E-state index is 14.7. The Balaban J connectivity index is 1.47. The lowest BCUT2D eigenvalue weighted by Gasteiger charge is -2.27. The topological polar surface area (TPSA) is 56.0 Å². The lowest BCUT2D eigenvalue weighted by molar-refractivity contribution is 0.0734. The van der Waals surface area contributed by atoms with Crippen LogP contribution >= 0.6 is 15.9 Å². The van der Waals surface area contributed by atoms with E-state index in [1.807, 2.05) is 70.3 Å². The van der Waals surface area contributed by atoms with Crippen molar-refractivity contribution in [3.63, 3.8) is 0 Å². The van der Waals surface area contributed by atoms with E-state index in [2.05, 4.69) is 20.9 Å². The van der Waals surface area contributed by atoms with Crippen LogP contribution in [-0.2, 0) is 13.1 Å². The Kier molecular flexibility index (Phi) is 6.64. The smallest absolute Gasteiger partial charge is 0.273 e. The quantitative estimate of drug-likeness (QED) is 0.219. The number of halogens is 2. The summed E-state index contributed by atoms with van der Waals surface area (Å²) in [5.41, 5.74) is 4.54. The molecule has 0 fully saturated rings. The van der Waals surface area contributed by atoms with Crippen LogP contribution in [0.2, 0.25) is 0 Å². The van der Waals surface area contributed by atoms with Crippen LogP contribution in [0.15, 0.2) is 102 Å². The summed E-state index contributed by atoms with van der Waals surface area (Å²) in [5, 5.41) is 4.92. The first-order valence-electron chi connectivity index (χ1n) is 12.5. The van der Waals surface area contributed by atoms with Crippen molar-refractivity contribution < 1.29 is 9.18 Å². The summed E-state index contributed by atoms with van der Waals surface area (Å²) in [5.74, 6) is -0.408. The number of rotatable bonds is 8. The van der Waals surface area contributed by atoms with E-state index in [9.17, 15) is 9.18 Å². The number of hydrogen-bond acceptors (Lipinski definition) is 3. The summed E-state index contributed by atoms with van der Waals surface area (Å²) in [7, 11) is 0.